The number of benzene rings is 1. The number of rotatable bonds is 2. The van der Waals surface area contributed by atoms with Gasteiger partial charge in [-0.2, -0.15) is 0 Å². The van der Waals surface area contributed by atoms with Crippen molar-refractivity contribution in [2.75, 3.05) is 7.11 Å². The summed E-state index contributed by atoms with van der Waals surface area (Å²) >= 11 is 15.4. The van der Waals surface area contributed by atoms with Crippen LogP contribution in [0.25, 0.3) is 11.0 Å². The molecule has 0 spiro atoms. The second kappa shape index (κ2) is 4.73. The van der Waals surface area contributed by atoms with Gasteiger partial charge in [0.1, 0.15) is 0 Å². The Labute approximate surface area is 111 Å². The summed E-state index contributed by atoms with van der Waals surface area (Å²) in [5, 5.41) is 1.53. The van der Waals surface area contributed by atoms with E-state index in [1.807, 2.05) is 0 Å². The van der Waals surface area contributed by atoms with E-state index in [1.54, 1.807) is 19.4 Å². The number of aromatic nitrogens is 2. The first-order valence-electron chi connectivity index (χ1n) is 4.41. The highest BCUT2D eigenvalue weighted by molar-refractivity contribution is 9.08. The zero-order chi connectivity index (χ0) is 11.7. The number of methoxy groups -OCH3 is 1. The second-order valence-electron chi connectivity index (χ2n) is 3.06. The van der Waals surface area contributed by atoms with Crippen LogP contribution in [0.5, 0.6) is 5.88 Å². The molecule has 0 N–H and O–H groups in total. The molecule has 0 saturated carbocycles. The van der Waals surface area contributed by atoms with Gasteiger partial charge in [0.05, 0.1) is 34.4 Å². The monoisotopic (exact) mass is 320 g/mol. The number of alkyl halides is 1. The summed E-state index contributed by atoms with van der Waals surface area (Å²) in [7, 11) is 1.54. The number of hydrogen-bond acceptors (Lipinski definition) is 3. The van der Waals surface area contributed by atoms with E-state index in [-0.39, 0.29) is 0 Å². The van der Waals surface area contributed by atoms with E-state index in [9.17, 15) is 0 Å². The van der Waals surface area contributed by atoms with Gasteiger partial charge in [0, 0.05) is 10.9 Å². The van der Waals surface area contributed by atoms with Crippen molar-refractivity contribution in [3.8, 4) is 5.88 Å². The van der Waals surface area contributed by atoms with Crippen LogP contribution < -0.4 is 4.74 Å². The number of halogens is 3. The summed E-state index contributed by atoms with van der Waals surface area (Å²) in [6.07, 6.45) is 1.55. The summed E-state index contributed by atoms with van der Waals surface area (Å²) in [5.74, 6) is 0.452. The Kier molecular flexibility index (Phi) is 3.52. The average Bonchev–Trinajstić information content (AvgIpc) is 2.30. The van der Waals surface area contributed by atoms with Crippen LogP contribution in [0.2, 0.25) is 10.0 Å². The van der Waals surface area contributed by atoms with E-state index in [4.69, 9.17) is 27.9 Å². The third kappa shape index (κ3) is 1.97. The van der Waals surface area contributed by atoms with E-state index in [1.165, 1.54) is 0 Å². The van der Waals surface area contributed by atoms with Crippen molar-refractivity contribution in [1.82, 2.24) is 9.97 Å². The predicted molar refractivity (Wildman–Crippen MR) is 68.7 cm³/mol. The molecule has 2 aromatic rings. The molecule has 0 bridgehead atoms. The minimum Gasteiger partial charge on any atom is -0.480 e. The standard InChI is InChI=1S/C10H7BrCl2N2O/c1-16-8-4-14-7-2-6(12)9(13)5(3-11)10(7)15-8/h2,4H,3H2,1H3. The summed E-state index contributed by atoms with van der Waals surface area (Å²) in [6.45, 7) is 0. The van der Waals surface area contributed by atoms with Crippen molar-refractivity contribution in [3.63, 3.8) is 0 Å². The van der Waals surface area contributed by atoms with Crippen LogP contribution in [0.3, 0.4) is 0 Å². The lowest BCUT2D eigenvalue weighted by atomic mass is 10.2. The van der Waals surface area contributed by atoms with Crippen LogP contribution >= 0.6 is 39.1 Å². The van der Waals surface area contributed by atoms with Gasteiger partial charge in [-0.1, -0.05) is 39.1 Å². The molecule has 0 saturated heterocycles. The van der Waals surface area contributed by atoms with Crippen molar-refractivity contribution in [3.05, 3.63) is 27.9 Å². The van der Waals surface area contributed by atoms with E-state index in [0.717, 1.165) is 5.56 Å². The van der Waals surface area contributed by atoms with Gasteiger partial charge in [-0.05, 0) is 6.07 Å². The molecule has 1 heterocycles. The van der Waals surface area contributed by atoms with Crippen LogP contribution in [0, 0.1) is 0 Å². The average molecular weight is 322 g/mol. The lowest BCUT2D eigenvalue weighted by Gasteiger charge is -2.08. The third-order valence-corrected chi connectivity index (χ3v) is 3.53. The molecule has 1 aromatic carbocycles. The quantitative estimate of drug-likeness (QED) is 0.788. The van der Waals surface area contributed by atoms with E-state index >= 15 is 0 Å². The van der Waals surface area contributed by atoms with Gasteiger partial charge in [0.15, 0.2) is 0 Å². The predicted octanol–water partition coefficient (Wildman–Crippen LogP) is 3.84. The zero-order valence-electron chi connectivity index (χ0n) is 8.30. The highest BCUT2D eigenvalue weighted by Gasteiger charge is 2.12. The highest BCUT2D eigenvalue weighted by Crippen LogP contribution is 2.33. The highest BCUT2D eigenvalue weighted by atomic mass is 79.9. The molecule has 16 heavy (non-hydrogen) atoms. The van der Waals surface area contributed by atoms with Gasteiger partial charge < -0.3 is 4.74 Å². The number of hydrogen-bond donors (Lipinski definition) is 0. The van der Waals surface area contributed by atoms with Crippen molar-refractivity contribution in [1.29, 1.82) is 0 Å². The zero-order valence-corrected chi connectivity index (χ0v) is 11.4. The van der Waals surface area contributed by atoms with Crippen LogP contribution in [-0.4, -0.2) is 17.1 Å². The lowest BCUT2D eigenvalue weighted by molar-refractivity contribution is 0.397. The molecule has 1 aromatic heterocycles. The molecule has 3 nitrogen and oxygen atoms in total. The van der Waals surface area contributed by atoms with Crippen molar-refractivity contribution in [2.24, 2.45) is 0 Å². The summed E-state index contributed by atoms with van der Waals surface area (Å²) < 4.78 is 5.03. The van der Waals surface area contributed by atoms with Crippen LogP contribution in [0.4, 0.5) is 0 Å². The molecule has 0 atom stereocenters. The molecule has 84 valence electrons. The Morgan fingerprint density at radius 1 is 1.44 bits per heavy atom. The first kappa shape index (κ1) is 11.9. The minimum absolute atomic E-state index is 0.452. The smallest absolute Gasteiger partial charge is 0.232 e. The van der Waals surface area contributed by atoms with Crippen LogP contribution in [0.1, 0.15) is 5.56 Å². The lowest BCUT2D eigenvalue weighted by Crippen LogP contribution is -1.94. The molecule has 0 radical (unpaired) electrons. The Balaban J connectivity index is 2.81. The first-order chi connectivity index (χ1) is 7.67. The van der Waals surface area contributed by atoms with Crippen molar-refractivity contribution >= 4 is 50.2 Å². The maximum Gasteiger partial charge on any atom is 0.232 e. The Morgan fingerprint density at radius 3 is 2.81 bits per heavy atom. The molecular formula is C10H7BrCl2N2O. The number of nitrogens with zero attached hydrogens (tertiary/aromatic N) is 2. The fourth-order valence-electron chi connectivity index (χ4n) is 1.36. The third-order valence-electron chi connectivity index (χ3n) is 2.15. The molecular weight excluding hydrogens is 315 g/mol. The summed E-state index contributed by atoms with van der Waals surface area (Å²) in [4.78, 5) is 8.52. The van der Waals surface area contributed by atoms with E-state index in [2.05, 4.69) is 25.9 Å². The number of fused-ring (bicyclic) bond motifs is 1. The maximum atomic E-state index is 6.10. The fourth-order valence-corrected chi connectivity index (χ4v) is 2.50. The van der Waals surface area contributed by atoms with Gasteiger partial charge in [0.25, 0.3) is 0 Å². The van der Waals surface area contributed by atoms with E-state index < -0.39 is 0 Å². The largest absolute Gasteiger partial charge is 0.480 e. The molecule has 0 aliphatic rings. The second-order valence-corrected chi connectivity index (χ2v) is 4.41. The van der Waals surface area contributed by atoms with Gasteiger partial charge >= 0.3 is 0 Å². The van der Waals surface area contributed by atoms with Crippen molar-refractivity contribution < 1.29 is 4.74 Å². The molecule has 2 rings (SSSR count). The first-order valence-corrected chi connectivity index (χ1v) is 6.28. The maximum absolute atomic E-state index is 6.10. The topological polar surface area (TPSA) is 35.0 Å². The molecule has 0 aliphatic heterocycles. The van der Waals surface area contributed by atoms with E-state index in [0.29, 0.717) is 32.3 Å². The Morgan fingerprint density at radius 2 is 2.19 bits per heavy atom. The van der Waals surface area contributed by atoms with Gasteiger partial charge in [-0.25, -0.2) is 9.97 Å². The SMILES string of the molecule is COc1cnc2cc(Cl)c(Cl)c(CBr)c2n1. The van der Waals surface area contributed by atoms with Gasteiger partial charge in [-0.3, -0.25) is 0 Å². The fraction of sp³-hybridized carbons (Fsp3) is 0.200. The van der Waals surface area contributed by atoms with Gasteiger partial charge in [0.2, 0.25) is 5.88 Å². The Hall–Kier alpha value is -0.580. The Bertz CT molecular complexity index is 548. The van der Waals surface area contributed by atoms with Crippen molar-refractivity contribution in [2.45, 2.75) is 5.33 Å². The minimum atomic E-state index is 0.452. The molecule has 0 aliphatic carbocycles. The normalized spacial score (nSPS) is 10.8. The van der Waals surface area contributed by atoms with Gasteiger partial charge in [-0.15, -0.1) is 0 Å². The van der Waals surface area contributed by atoms with Crippen LogP contribution in [-0.2, 0) is 5.33 Å². The summed E-state index contributed by atoms with van der Waals surface area (Å²) in [6, 6.07) is 1.69. The summed E-state index contributed by atoms with van der Waals surface area (Å²) in [5.41, 5.74) is 2.21. The molecule has 0 unspecified atom stereocenters. The molecule has 6 heteroatoms. The molecule has 0 fully saturated rings. The molecule has 0 amide bonds. The van der Waals surface area contributed by atoms with Crippen LogP contribution in [0.15, 0.2) is 12.3 Å². The number of ether oxygens (including phenoxy) is 1.